The molecule has 0 N–H and O–H groups in total. The molecule has 4 nitrogen and oxygen atoms in total. The number of aromatic nitrogens is 2. The van der Waals surface area contributed by atoms with E-state index in [4.69, 9.17) is 4.74 Å². The highest BCUT2D eigenvalue weighted by Crippen LogP contribution is 2.30. The number of hydrogen-bond donors (Lipinski definition) is 0. The second-order valence-corrected chi connectivity index (χ2v) is 4.81. The van der Waals surface area contributed by atoms with Crippen molar-refractivity contribution in [2.75, 3.05) is 0 Å². The Morgan fingerprint density at radius 1 is 1.61 bits per heavy atom. The van der Waals surface area contributed by atoms with Crippen molar-refractivity contribution in [3.8, 4) is 0 Å². The van der Waals surface area contributed by atoms with E-state index in [9.17, 15) is 4.79 Å². The van der Waals surface area contributed by atoms with Crippen LogP contribution in [0.25, 0.3) is 0 Å². The van der Waals surface area contributed by atoms with E-state index in [0.29, 0.717) is 12.3 Å². The fraction of sp³-hybridized carbons (Fsp3) is 0.571. The zero-order valence-corrected chi connectivity index (χ0v) is 11.2. The monoisotopic (exact) mass is 248 g/mol. The van der Waals surface area contributed by atoms with Gasteiger partial charge in [-0.2, -0.15) is 5.10 Å². The Balaban J connectivity index is 2.06. The van der Waals surface area contributed by atoms with Crippen LogP contribution in [0.3, 0.4) is 0 Å². The first-order valence-corrected chi connectivity index (χ1v) is 6.46. The van der Waals surface area contributed by atoms with Crippen molar-refractivity contribution in [2.24, 2.45) is 7.05 Å². The number of carbonyl (C=O) groups excluding carboxylic acids is 1. The number of allylic oxidation sites excluding steroid dienone is 1. The van der Waals surface area contributed by atoms with Gasteiger partial charge in [0.15, 0.2) is 0 Å². The van der Waals surface area contributed by atoms with Crippen molar-refractivity contribution in [1.82, 2.24) is 9.78 Å². The van der Waals surface area contributed by atoms with Crippen LogP contribution in [0, 0.1) is 6.92 Å². The molecule has 0 spiro atoms. The second kappa shape index (κ2) is 5.38. The summed E-state index contributed by atoms with van der Waals surface area (Å²) in [6, 6.07) is 2.11. The van der Waals surface area contributed by atoms with Crippen LogP contribution in [0.2, 0.25) is 0 Å². The molecule has 0 amide bonds. The molecule has 0 fully saturated rings. The third-order valence-corrected chi connectivity index (χ3v) is 3.32. The topological polar surface area (TPSA) is 44.1 Å². The number of rotatable bonds is 3. The number of carbonyl (C=O) groups is 1. The Morgan fingerprint density at radius 3 is 3.00 bits per heavy atom. The quantitative estimate of drug-likeness (QED) is 0.609. The highest BCUT2D eigenvalue weighted by Gasteiger charge is 2.24. The molecule has 2 unspecified atom stereocenters. The Bertz CT molecular complexity index is 462. The minimum Gasteiger partial charge on any atom is -0.458 e. The van der Waals surface area contributed by atoms with Crippen molar-refractivity contribution < 1.29 is 9.53 Å². The van der Waals surface area contributed by atoms with Gasteiger partial charge in [0.2, 0.25) is 0 Å². The molecule has 1 heterocycles. The van der Waals surface area contributed by atoms with E-state index >= 15 is 0 Å². The van der Waals surface area contributed by atoms with Gasteiger partial charge in [-0.15, -0.1) is 0 Å². The molecule has 1 aromatic rings. The lowest BCUT2D eigenvalue weighted by molar-refractivity contribution is -0.147. The summed E-state index contributed by atoms with van der Waals surface area (Å²) in [5.41, 5.74) is 2.25. The molecule has 4 heteroatoms. The van der Waals surface area contributed by atoms with E-state index < -0.39 is 0 Å². The standard InChI is InChI=1S/C14H20N2O2/c1-4-14(17)18-12-7-5-6-11(9-12)13-8-10(2)15-16(13)3/h5,7-8,11-12H,4,6,9H2,1-3H3. The Morgan fingerprint density at radius 2 is 2.39 bits per heavy atom. The first kappa shape index (κ1) is 12.9. The molecule has 0 aliphatic heterocycles. The van der Waals surface area contributed by atoms with Crippen molar-refractivity contribution in [3.63, 3.8) is 0 Å². The van der Waals surface area contributed by atoms with Crippen LogP contribution in [0.5, 0.6) is 0 Å². The minimum absolute atomic E-state index is 0.0913. The number of nitrogens with zero attached hydrogens (tertiary/aromatic N) is 2. The van der Waals surface area contributed by atoms with Gasteiger partial charge < -0.3 is 4.74 Å². The highest BCUT2D eigenvalue weighted by atomic mass is 16.5. The molecular weight excluding hydrogens is 228 g/mol. The van der Waals surface area contributed by atoms with Gasteiger partial charge in [0.05, 0.1) is 5.69 Å². The van der Waals surface area contributed by atoms with E-state index in [0.717, 1.165) is 18.5 Å². The van der Waals surface area contributed by atoms with Gasteiger partial charge in [-0.1, -0.05) is 13.0 Å². The third kappa shape index (κ3) is 2.81. The molecule has 98 valence electrons. The van der Waals surface area contributed by atoms with Crippen LogP contribution in [0.15, 0.2) is 18.2 Å². The molecule has 0 aromatic carbocycles. The van der Waals surface area contributed by atoms with Crippen LogP contribution < -0.4 is 0 Å². The normalized spacial score (nSPS) is 23.1. The van der Waals surface area contributed by atoms with Gasteiger partial charge >= 0.3 is 5.97 Å². The van der Waals surface area contributed by atoms with Crippen molar-refractivity contribution in [2.45, 2.75) is 45.1 Å². The molecular formula is C14H20N2O2. The van der Waals surface area contributed by atoms with Crippen molar-refractivity contribution in [3.05, 3.63) is 29.6 Å². The van der Waals surface area contributed by atoms with Gasteiger partial charge in [-0.3, -0.25) is 9.48 Å². The summed E-state index contributed by atoms with van der Waals surface area (Å²) in [6.07, 6.45) is 6.27. The van der Waals surface area contributed by atoms with Crippen molar-refractivity contribution in [1.29, 1.82) is 0 Å². The number of esters is 1. The lowest BCUT2D eigenvalue weighted by atomic mass is 9.89. The average Bonchev–Trinajstić information content (AvgIpc) is 2.68. The maximum absolute atomic E-state index is 11.3. The lowest BCUT2D eigenvalue weighted by Gasteiger charge is -2.24. The summed E-state index contributed by atoms with van der Waals surface area (Å²) in [5.74, 6) is 0.252. The van der Waals surface area contributed by atoms with Crippen LogP contribution in [0.4, 0.5) is 0 Å². The predicted octanol–water partition coefficient (Wildman–Crippen LogP) is 2.48. The molecule has 1 aliphatic carbocycles. The predicted molar refractivity (Wildman–Crippen MR) is 69.2 cm³/mol. The summed E-state index contributed by atoms with van der Waals surface area (Å²) in [7, 11) is 1.97. The summed E-state index contributed by atoms with van der Waals surface area (Å²) >= 11 is 0. The van der Waals surface area contributed by atoms with Gasteiger partial charge in [-0.05, 0) is 31.9 Å². The summed E-state index contributed by atoms with van der Waals surface area (Å²) in [6.45, 7) is 3.81. The molecule has 2 rings (SSSR count). The Kier molecular flexibility index (Phi) is 3.84. The van der Waals surface area contributed by atoms with Gasteiger partial charge in [0.25, 0.3) is 0 Å². The summed E-state index contributed by atoms with van der Waals surface area (Å²) < 4.78 is 7.31. The second-order valence-electron chi connectivity index (χ2n) is 4.81. The number of hydrogen-bond acceptors (Lipinski definition) is 3. The van der Waals surface area contributed by atoms with E-state index in [1.54, 1.807) is 0 Å². The average molecular weight is 248 g/mol. The minimum atomic E-state index is -0.133. The smallest absolute Gasteiger partial charge is 0.306 e. The van der Waals surface area contributed by atoms with Gasteiger partial charge in [-0.25, -0.2) is 0 Å². The zero-order chi connectivity index (χ0) is 13.1. The maximum atomic E-state index is 11.3. The first-order chi connectivity index (χ1) is 8.60. The molecule has 0 radical (unpaired) electrons. The van der Waals surface area contributed by atoms with Crippen LogP contribution in [-0.2, 0) is 16.6 Å². The first-order valence-electron chi connectivity index (χ1n) is 6.46. The van der Waals surface area contributed by atoms with E-state index in [-0.39, 0.29) is 12.1 Å². The SMILES string of the molecule is CCC(=O)OC1C=CCC(c2cc(C)nn2C)C1. The fourth-order valence-corrected chi connectivity index (χ4v) is 2.44. The molecule has 1 aromatic heterocycles. The fourth-order valence-electron chi connectivity index (χ4n) is 2.44. The molecule has 0 bridgehead atoms. The van der Waals surface area contributed by atoms with Gasteiger partial charge in [0.1, 0.15) is 6.10 Å². The maximum Gasteiger partial charge on any atom is 0.306 e. The van der Waals surface area contributed by atoms with Crippen LogP contribution in [-0.4, -0.2) is 21.9 Å². The number of ether oxygens (including phenoxy) is 1. The zero-order valence-electron chi connectivity index (χ0n) is 11.2. The van der Waals surface area contributed by atoms with Crippen LogP contribution >= 0.6 is 0 Å². The Labute approximate surface area is 108 Å². The van der Waals surface area contributed by atoms with Crippen LogP contribution in [0.1, 0.15) is 43.5 Å². The molecule has 18 heavy (non-hydrogen) atoms. The molecule has 0 saturated heterocycles. The molecule has 0 saturated carbocycles. The lowest BCUT2D eigenvalue weighted by Crippen LogP contribution is -2.22. The highest BCUT2D eigenvalue weighted by molar-refractivity contribution is 5.69. The van der Waals surface area contributed by atoms with Crippen molar-refractivity contribution >= 4 is 5.97 Å². The summed E-state index contributed by atoms with van der Waals surface area (Å²) in [5, 5.41) is 4.37. The Hall–Kier alpha value is -1.58. The number of aryl methyl sites for hydroxylation is 2. The molecule has 2 atom stereocenters. The summed E-state index contributed by atoms with van der Waals surface area (Å²) in [4.78, 5) is 11.3. The third-order valence-electron chi connectivity index (χ3n) is 3.32. The van der Waals surface area contributed by atoms with E-state index in [1.807, 2.05) is 31.7 Å². The van der Waals surface area contributed by atoms with Gasteiger partial charge in [0, 0.05) is 25.1 Å². The molecule has 1 aliphatic rings. The van der Waals surface area contributed by atoms with E-state index in [2.05, 4.69) is 17.2 Å². The largest absolute Gasteiger partial charge is 0.458 e. The van der Waals surface area contributed by atoms with E-state index in [1.165, 1.54) is 5.69 Å².